The smallest absolute Gasteiger partial charge is 0.417 e. The minimum Gasteiger partial charge on any atom is -0.493 e. The SMILES string of the molecule is N#Cc1ccc(N2C(=O)N(c3ccc4c(c3)CCO4)[C@H]3CCCC[C@@H]32)cc1C(F)(F)F.S.S. The lowest BCUT2D eigenvalue weighted by molar-refractivity contribution is -0.137. The molecule has 2 fully saturated rings. The molecule has 0 N–H and O–H groups in total. The van der Waals surface area contributed by atoms with Crippen LogP contribution in [-0.2, 0) is 12.6 Å². The zero-order chi connectivity index (χ0) is 21.8. The first kappa shape index (κ1) is 25.1. The molecule has 176 valence electrons. The number of nitrogens with zero attached hydrogens (tertiary/aromatic N) is 3. The Morgan fingerprint density at radius 3 is 2.18 bits per heavy atom. The van der Waals surface area contributed by atoms with Crippen LogP contribution in [-0.4, -0.2) is 24.7 Å². The number of urea groups is 1. The summed E-state index contributed by atoms with van der Waals surface area (Å²) in [7, 11) is 0. The molecule has 2 aromatic carbocycles. The van der Waals surface area contributed by atoms with Gasteiger partial charge in [-0.05, 0) is 54.8 Å². The maximum atomic E-state index is 13.6. The van der Waals surface area contributed by atoms with Crippen LogP contribution in [0.25, 0.3) is 0 Å². The molecule has 2 aliphatic heterocycles. The fourth-order valence-electron chi connectivity index (χ4n) is 5.03. The molecule has 10 heteroatoms. The molecule has 33 heavy (non-hydrogen) atoms. The van der Waals surface area contributed by atoms with Crippen LogP contribution in [0.2, 0.25) is 0 Å². The molecule has 5 rings (SSSR count). The van der Waals surface area contributed by atoms with Crippen LogP contribution in [0.1, 0.15) is 42.4 Å². The van der Waals surface area contributed by atoms with Crippen molar-refractivity contribution in [2.75, 3.05) is 16.4 Å². The summed E-state index contributed by atoms with van der Waals surface area (Å²) < 4.78 is 46.1. The van der Waals surface area contributed by atoms with E-state index in [4.69, 9.17) is 10.00 Å². The molecule has 3 aliphatic rings. The molecule has 0 bridgehead atoms. The van der Waals surface area contributed by atoms with E-state index in [1.54, 1.807) is 11.0 Å². The van der Waals surface area contributed by atoms with Crippen molar-refractivity contribution in [2.45, 2.75) is 50.4 Å². The number of anilines is 2. The van der Waals surface area contributed by atoms with Crippen LogP contribution in [0.3, 0.4) is 0 Å². The predicted octanol–water partition coefficient (Wildman–Crippen LogP) is 5.50. The zero-order valence-electron chi connectivity index (χ0n) is 17.7. The van der Waals surface area contributed by atoms with E-state index in [1.165, 1.54) is 11.0 Å². The van der Waals surface area contributed by atoms with Gasteiger partial charge in [-0.2, -0.15) is 45.4 Å². The van der Waals surface area contributed by atoms with Crippen LogP contribution < -0.4 is 14.5 Å². The lowest BCUT2D eigenvalue weighted by atomic mass is 9.89. The first-order valence-corrected chi connectivity index (χ1v) is 10.4. The molecule has 1 aliphatic carbocycles. The molecule has 1 saturated heterocycles. The van der Waals surface area contributed by atoms with Crippen LogP contribution in [0.5, 0.6) is 5.75 Å². The van der Waals surface area contributed by atoms with Crippen molar-refractivity contribution in [2.24, 2.45) is 0 Å². The fraction of sp³-hybridized carbons (Fsp3) is 0.391. The topological polar surface area (TPSA) is 56.6 Å². The molecule has 2 amide bonds. The van der Waals surface area contributed by atoms with Crippen molar-refractivity contribution in [3.63, 3.8) is 0 Å². The summed E-state index contributed by atoms with van der Waals surface area (Å²) in [4.78, 5) is 16.8. The van der Waals surface area contributed by atoms with E-state index < -0.39 is 17.3 Å². The number of rotatable bonds is 2. The van der Waals surface area contributed by atoms with Crippen molar-refractivity contribution >= 4 is 44.4 Å². The van der Waals surface area contributed by atoms with Gasteiger partial charge in [-0.15, -0.1) is 0 Å². The Morgan fingerprint density at radius 1 is 0.970 bits per heavy atom. The van der Waals surface area contributed by atoms with Gasteiger partial charge < -0.3 is 4.74 Å². The summed E-state index contributed by atoms with van der Waals surface area (Å²) in [6.45, 7) is 0.608. The van der Waals surface area contributed by atoms with Crippen molar-refractivity contribution < 1.29 is 22.7 Å². The van der Waals surface area contributed by atoms with E-state index in [1.807, 2.05) is 18.2 Å². The van der Waals surface area contributed by atoms with E-state index in [0.29, 0.717) is 6.61 Å². The van der Waals surface area contributed by atoms with Crippen LogP contribution in [0.4, 0.5) is 29.3 Å². The number of hydrogen-bond donors (Lipinski definition) is 0. The minimum atomic E-state index is -4.67. The Morgan fingerprint density at radius 2 is 1.58 bits per heavy atom. The lowest BCUT2D eigenvalue weighted by Crippen LogP contribution is -2.40. The first-order valence-electron chi connectivity index (χ1n) is 10.4. The molecule has 0 radical (unpaired) electrons. The van der Waals surface area contributed by atoms with Gasteiger partial charge in [-0.25, -0.2) is 4.79 Å². The highest BCUT2D eigenvalue weighted by Crippen LogP contribution is 2.43. The van der Waals surface area contributed by atoms with Crippen LogP contribution in [0, 0.1) is 11.3 Å². The summed E-state index contributed by atoms with van der Waals surface area (Å²) in [5.41, 5.74) is 0.506. The van der Waals surface area contributed by atoms with Gasteiger partial charge in [0.2, 0.25) is 0 Å². The Bertz CT molecular complexity index is 1100. The Kier molecular flexibility index (Phi) is 7.15. The number of benzene rings is 2. The van der Waals surface area contributed by atoms with Crippen LogP contribution in [0.15, 0.2) is 36.4 Å². The Balaban J connectivity index is 0.00000153. The van der Waals surface area contributed by atoms with Gasteiger partial charge in [0.15, 0.2) is 0 Å². The second-order valence-corrected chi connectivity index (χ2v) is 8.17. The third kappa shape index (κ3) is 4.24. The maximum Gasteiger partial charge on any atom is 0.417 e. The van der Waals surface area contributed by atoms with Crippen molar-refractivity contribution in [3.05, 3.63) is 53.1 Å². The van der Waals surface area contributed by atoms with E-state index in [9.17, 15) is 18.0 Å². The highest BCUT2D eigenvalue weighted by atomic mass is 32.1. The number of alkyl halides is 3. The van der Waals surface area contributed by atoms with Gasteiger partial charge >= 0.3 is 12.2 Å². The quantitative estimate of drug-likeness (QED) is 0.553. The van der Waals surface area contributed by atoms with E-state index >= 15 is 0 Å². The molecule has 0 spiro atoms. The molecular formula is C23H24F3N3O2S2. The summed E-state index contributed by atoms with van der Waals surface area (Å²) in [5, 5.41) is 9.10. The van der Waals surface area contributed by atoms with Gasteiger partial charge in [-0.1, -0.05) is 12.8 Å². The van der Waals surface area contributed by atoms with E-state index in [-0.39, 0.29) is 50.8 Å². The van der Waals surface area contributed by atoms with Gasteiger partial charge in [0.25, 0.3) is 0 Å². The lowest BCUT2D eigenvalue weighted by Gasteiger charge is -2.32. The number of carbonyl (C=O) groups excluding carboxylic acids is 1. The zero-order valence-corrected chi connectivity index (χ0v) is 19.7. The normalized spacial score (nSPS) is 21.3. The van der Waals surface area contributed by atoms with E-state index in [0.717, 1.165) is 61.2 Å². The fourth-order valence-corrected chi connectivity index (χ4v) is 5.03. The summed E-state index contributed by atoms with van der Waals surface area (Å²) in [6.07, 6.45) is -0.499. The van der Waals surface area contributed by atoms with Gasteiger partial charge in [-0.3, -0.25) is 9.80 Å². The summed E-state index contributed by atoms with van der Waals surface area (Å²) in [5.74, 6) is 0.814. The third-order valence-corrected chi connectivity index (χ3v) is 6.43. The molecule has 2 aromatic rings. The number of nitriles is 1. The highest BCUT2D eigenvalue weighted by molar-refractivity contribution is 7.59. The van der Waals surface area contributed by atoms with Gasteiger partial charge in [0, 0.05) is 17.8 Å². The summed E-state index contributed by atoms with van der Waals surface area (Å²) >= 11 is 0. The number of carbonyl (C=O) groups is 1. The van der Waals surface area contributed by atoms with E-state index in [2.05, 4.69) is 0 Å². The van der Waals surface area contributed by atoms with Crippen molar-refractivity contribution in [1.82, 2.24) is 0 Å². The highest BCUT2D eigenvalue weighted by Gasteiger charge is 2.48. The second-order valence-electron chi connectivity index (χ2n) is 8.17. The predicted molar refractivity (Wildman–Crippen MR) is 129 cm³/mol. The van der Waals surface area contributed by atoms with Crippen LogP contribution >= 0.6 is 27.0 Å². The molecular weight excluding hydrogens is 471 g/mol. The van der Waals surface area contributed by atoms with Gasteiger partial charge in [0.05, 0.1) is 35.9 Å². The van der Waals surface area contributed by atoms with Crippen molar-refractivity contribution in [3.8, 4) is 11.8 Å². The number of hydrogen-bond acceptors (Lipinski definition) is 3. The second kappa shape index (κ2) is 9.39. The summed E-state index contributed by atoms with van der Waals surface area (Å²) in [6, 6.07) is 10.1. The molecule has 5 nitrogen and oxygen atoms in total. The number of ether oxygens (including phenoxy) is 1. The Hall–Kier alpha value is -2.51. The minimum absolute atomic E-state index is 0. The standard InChI is InChI=1S/C23H20F3N3O2.2H2S/c24-23(25,26)18-12-17(6-5-15(18)13-27)29-20-4-2-1-3-19(20)28(22(29)30)16-7-8-21-14(11-16)9-10-31-21;;/h5-8,11-12,19-20H,1-4,9-10H2;2*1H2/t19-,20-;;/m0../s1. The molecule has 0 aromatic heterocycles. The van der Waals surface area contributed by atoms with Gasteiger partial charge in [0.1, 0.15) is 5.75 Å². The molecule has 1 saturated carbocycles. The third-order valence-electron chi connectivity index (χ3n) is 6.43. The largest absolute Gasteiger partial charge is 0.493 e. The first-order chi connectivity index (χ1) is 14.9. The molecule has 2 atom stereocenters. The van der Waals surface area contributed by atoms with Crippen molar-refractivity contribution in [1.29, 1.82) is 5.26 Å². The average Bonchev–Trinajstić information content (AvgIpc) is 3.33. The average molecular weight is 496 g/mol. The monoisotopic (exact) mass is 495 g/mol. The number of fused-ring (bicyclic) bond motifs is 2. The Labute approximate surface area is 204 Å². The number of amides is 2. The molecule has 0 unspecified atom stereocenters. The number of halogens is 3. The maximum absolute atomic E-state index is 13.6. The molecule has 2 heterocycles.